The Labute approximate surface area is 142 Å². The monoisotopic (exact) mass is 373 g/mol. The molecular weight excluding hydrogens is 358 g/mol. The molecule has 118 valence electrons. The van der Waals surface area contributed by atoms with Gasteiger partial charge in [0.2, 0.25) is 5.91 Å². The van der Waals surface area contributed by atoms with Gasteiger partial charge in [-0.2, -0.15) is 10.2 Å². The van der Waals surface area contributed by atoms with E-state index in [2.05, 4.69) is 50.5 Å². The van der Waals surface area contributed by atoms with Crippen LogP contribution in [0.3, 0.4) is 0 Å². The van der Waals surface area contributed by atoms with Crippen molar-refractivity contribution in [1.29, 1.82) is 0 Å². The van der Waals surface area contributed by atoms with Crippen molar-refractivity contribution in [3.05, 3.63) is 64.5 Å². The molecule has 0 radical (unpaired) electrons. The van der Waals surface area contributed by atoms with Gasteiger partial charge < -0.3 is 5.32 Å². The number of benzene rings is 1. The predicted octanol–water partition coefficient (Wildman–Crippen LogP) is 2.84. The van der Waals surface area contributed by atoms with Crippen LogP contribution in [-0.4, -0.2) is 25.5 Å². The van der Waals surface area contributed by atoms with E-state index in [4.69, 9.17) is 0 Å². The van der Waals surface area contributed by atoms with Crippen LogP contribution in [0.5, 0.6) is 0 Å². The van der Waals surface area contributed by atoms with E-state index >= 15 is 0 Å². The maximum absolute atomic E-state index is 12.0. The molecule has 2 heterocycles. The van der Waals surface area contributed by atoms with E-state index in [-0.39, 0.29) is 12.5 Å². The second-order valence-electron chi connectivity index (χ2n) is 5.23. The molecule has 2 aromatic heterocycles. The highest BCUT2D eigenvalue weighted by molar-refractivity contribution is 9.10. The third-order valence-electron chi connectivity index (χ3n) is 3.41. The summed E-state index contributed by atoms with van der Waals surface area (Å²) in [4.78, 5) is 12.0. The molecule has 0 unspecified atom stereocenters. The van der Waals surface area contributed by atoms with E-state index in [1.807, 2.05) is 23.0 Å². The van der Waals surface area contributed by atoms with Crippen molar-refractivity contribution >= 4 is 27.7 Å². The van der Waals surface area contributed by atoms with Gasteiger partial charge in [-0.1, -0.05) is 24.3 Å². The van der Waals surface area contributed by atoms with E-state index in [1.165, 1.54) is 11.1 Å². The van der Waals surface area contributed by atoms with E-state index in [9.17, 15) is 4.79 Å². The van der Waals surface area contributed by atoms with E-state index < -0.39 is 0 Å². The van der Waals surface area contributed by atoms with Gasteiger partial charge in [-0.15, -0.1) is 0 Å². The van der Waals surface area contributed by atoms with Crippen molar-refractivity contribution in [2.75, 3.05) is 5.32 Å². The van der Waals surface area contributed by atoms with E-state index in [1.54, 1.807) is 23.1 Å². The number of rotatable bonds is 5. The molecule has 23 heavy (non-hydrogen) atoms. The van der Waals surface area contributed by atoms with Crippen molar-refractivity contribution in [3.8, 4) is 0 Å². The molecule has 1 N–H and O–H groups in total. The summed E-state index contributed by atoms with van der Waals surface area (Å²) in [5, 5.41) is 11.2. The third-order valence-corrected chi connectivity index (χ3v) is 3.82. The lowest BCUT2D eigenvalue weighted by Crippen LogP contribution is -2.19. The number of carbonyl (C=O) groups excluding carboxylic acids is 1. The van der Waals surface area contributed by atoms with Gasteiger partial charge in [0.05, 0.1) is 17.2 Å². The van der Waals surface area contributed by atoms with Crippen molar-refractivity contribution < 1.29 is 4.79 Å². The average Bonchev–Trinajstić information content (AvgIpc) is 3.11. The van der Waals surface area contributed by atoms with Gasteiger partial charge in [-0.05, 0) is 34.0 Å². The summed E-state index contributed by atoms with van der Waals surface area (Å²) in [6.07, 6.45) is 5.24. The molecule has 0 atom stereocenters. The number of aromatic nitrogens is 4. The number of nitrogens with one attached hydrogen (secondary N) is 1. The smallest absolute Gasteiger partial charge is 0.247 e. The molecule has 0 saturated heterocycles. The van der Waals surface area contributed by atoms with Gasteiger partial charge in [-0.25, -0.2) is 0 Å². The number of hydrogen-bond acceptors (Lipinski definition) is 3. The number of nitrogens with zero attached hydrogens (tertiary/aromatic N) is 4. The topological polar surface area (TPSA) is 64.7 Å². The minimum Gasteiger partial charge on any atom is -0.308 e. The van der Waals surface area contributed by atoms with E-state index in [0.717, 1.165) is 4.47 Å². The minimum atomic E-state index is -0.165. The maximum atomic E-state index is 12.0. The molecule has 1 aromatic carbocycles. The Hall–Kier alpha value is -2.41. The van der Waals surface area contributed by atoms with Crippen LogP contribution in [0.25, 0.3) is 0 Å². The molecule has 0 aliphatic carbocycles. The second kappa shape index (κ2) is 6.78. The summed E-state index contributed by atoms with van der Waals surface area (Å²) in [6, 6.07) is 9.96. The van der Waals surface area contributed by atoms with Crippen LogP contribution in [0.2, 0.25) is 0 Å². The zero-order valence-corrected chi connectivity index (χ0v) is 14.2. The SMILES string of the molecule is Cc1ccccc1Cn1ccc(NC(=O)Cn2cc(Br)cn2)n1. The van der Waals surface area contributed by atoms with Crippen LogP contribution in [0.1, 0.15) is 11.1 Å². The maximum Gasteiger partial charge on any atom is 0.247 e. The third kappa shape index (κ3) is 4.07. The molecule has 0 aliphatic heterocycles. The molecule has 0 bridgehead atoms. The summed E-state index contributed by atoms with van der Waals surface area (Å²) in [6.45, 7) is 2.90. The van der Waals surface area contributed by atoms with Crippen LogP contribution >= 0.6 is 15.9 Å². The average molecular weight is 374 g/mol. The molecular formula is C16H16BrN5O. The fourth-order valence-electron chi connectivity index (χ4n) is 2.23. The molecule has 0 spiro atoms. The Kier molecular flexibility index (Phi) is 4.57. The first-order valence-electron chi connectivity index (χ1n) is 7.16. The zero-order chi connectivity index (χ0) is 16.2. The summed E-state index contributed by atoms with van der Waals surface area (Å²) in [5.41, 5.74) is 2.42. The van der Waals surface area contributed by atoms with Gasteiger partial charge in [0.1, 0.15) is 6.54 Å². The molecule has 7 heteroatoms. The summed E-state index contributed by atoms with van der Waals surface area (Å²) < 4.78 is 4.21. The van der Waals surface area contributed by atoms with Crippen molar-refractivity contribution in [3.63, 3.8) is 0 Å². The fraction of sp³-hybridized carbons (Fsp3) is 0.188. The Morgan fingerprint density at radius 1 is 1.26 bits per heavy atom. The summed E-state index contributed by atoms with van der Waals surface area (Å²) in [5.74, 6) is 0.372. The van der Waals surface area contributed by atoms with Crippen LogP contribution in [0, 0.1) is 6.92 Å². The molecule has 3 aromatic rings. The normalized spacial score (nSPS) is 10.7. The Balaban J connectivity index is 1.61. The van der Waals surface area contributed by atoms with Gasteiger partial charge in [-0.3, -0.25) is 14.2 Å². The quantitative estimate of drug-likeness (QED) is 0.747. The van der Waals surface area contributed by atoms with Crippen molar-refractivity contribution in [2.24, 2.45) is 0 Å². The zero-order valence-electron chi connectivity index (χ0n) is 12.6. The lowest BCUT2D eigenvalue weighted by Gasteiger charge is -2.05. The second-order valence-corrected chi connectivity index (χ2v) is 6.15. The highest BCUT2D eigenvalue weighted by Crippen LogP contribution is 2.11. The van der Waals surface area contributed by atoms with Gasteiger partial charge in [0.15, 0.2) is 5.82 Å². The first kappa shape index (κ1) is 15.5. The lowest BCUT2D eigenvalue weighted by molar-refractivity contribution is -0.116. The van der Waals surface area contributed by atoms with Gasteiger partial charge in [0.25, 0.3) is 0 Å². The number of aryl methyl sites for hydroxylation is 1. The minimum absolute atomic E-state index is 0.149. The highest BCUT2D eigenvalue weighted by Gasteiger charge is 2.07. The molecule has 6 nitrogen and oxygen atoms in total. The number of anilines is 1. The Bertz CT molecular complexity index is 823. The summed E-state index contributed by atoms with van der Waals surface area (Å²) in [7, 11) is 0. The molecule has 1 amide bonds. The lowest BCUT2D eigenvalue weighted by atomic mass is 10.1. The molecule has 0 saturated carbocycles. The fourth-order valence-corrected chi connectivity index (χ4v) is 2.56. The first-order chi connectivity index (χ1) is 11.1. The Morgan fingerprint density at radius 2 is 2.09 bits per heavy atom. The van der Waals surface area contributed by atoms with Gasteiger partial charge >= 0.3 is 0 Å². The number of carbonyl (C=O) groups is 1. The van der Waals surface area contributed by atoms with Crippen molar-refractivity contribution in [1.82, 2.24) is 19.6 Å². The molecule has 3 rings (SSSR count). The standard InChI is InChI=1S/C16H16BrN5O/c1-12-4-2-3-5-13(12)9-21-7-6-15(20-21)19-16(23)11-22-10-14(17)8-18-22/h2-8,10H,9,11H2,1H3,(H,19,20,23). The van der Waals surface area contributed by atoms with Crippen LogP contribution in [0.15, 0.2) is 53.4 Å². The van der Waals surface area contributed by atoms with Crippen molar-refractivity contribution in [2.45, 2.75) is 20.0 Å². The number of halogens is 1. The van der Waals surface area contributed by atoms with Crippen LogP contribution in [0.4, 0.5) is 5.82 Å². The number of amides is 1. The van der Waals surface area contributed by atoms with E-state index in [0.29, 0.717) is 12.4 Å². The van der Waals surface area contributed by atoms with Crippen LogP contribution in [-0.2, 0) is 17.9 Å². The molecule has 0 aliphatic rings. The molecule has 0 fully saturated rings. The largest absolute Gasteiger partial charge is 0.308 e. The number of hydrogen-bond donors (Lipinski definition) is 1. The Morgan fingerprint density at radius 3 is 2.83 bits per heavy atom. The summed E-state index contributed by atoms with van der Waals surface area (Å²) >= 11 is 3.30. The van der Waals surface area contributed by atoms with Crippen LogP contribution < -0.4 is 5.32 Å². The predicted molar refractivity (Wildman–Crippen MR) is 91.1 cm³/mol. The van der Waals surface area contributed by atoms with Gasteiger partial charge in [0, 0.05) is 18.5 Å². The first-order valence-corrected chi connectivity index (χ1v) is 7.95. The highest BCUT2D eigenvalue weighted by atomic mass is 79.9.